The van der Waals surface area contributed by atoms with Crippen LogP contribution in [0.4, 0.5) is 0 Å². The number of rotatable bonds is 9. The highest BCUT2D eigenvalue weighted by atomic mass is 16.3. The third-order valence-electron chi connectivity index (χ3n) is 5.38. The summed E-state index contributed by atoms with van der Waals surface area (Å²) in [5.41, 5.74) is 0.149. The van der Waals surface area contributed by atoms with Gasteiger partial charge < -0.3 is 14.6 Å². The first-order valence-electron chi connectivity index (χ1n) is 9.23. The summed E-state index contributed by atoms with van der Waals surface area (Å²) in [6.07, 6.45) is 8.27. The van der Waals surface area contributed by atoms with Gasteiger partial charge in [-0.25, -0.2) is 0 Å². The molecule has 0 unspecified atom stereocenters. The lowest BCUT2D eigenvalue weighted by Crippen LogP contribution is -2.55. The second-order valence-electron chi connectivity index (χ2n) is 7.81. The van der Waals surface area contributed by atoms with Crippen LogP contribution in [0.1, 0.15) is 51.3 Å². The summed E-state index contributed by atoms with van der Waals surface area (Å²) in [5, 5.41) is 3.73. The molecular formula is C20H35N3O. The van der Waals surface area contributed by atoms with Gasteiger partial charge in [-0.1, -0.05) is 6.08 Å². The van der Waals surface area contributed by atoms with Gasteiger partial charge in [0, 0.05) is 31.2 Å². The zero-order chi connectivity index (χ0) is 17.6. The van der Waals surface area contributed by atoms with Crippen LogP contribution in [0, 0.1) is 0 Å². The van der Waals surface area contributed by atoms with E-state index in [0.29, 0.717) is 0 Å². The smallest absolute Gasteiger partial charge is 0.120 e. The molecule has 1 aromatic rings. The fourth-order valence-electron chi connectivity index (χ4n) is 3.59. The van der Waals surface area contributed by atoms with Crippen LogP contribution < -0.4 is 5.32 Å². The molecule has 4 heteroatoms. The van der Waals surface area contributed by atoms with Crippen LogP contribution in [0.25, 0.3) is 0 Å². The molecule has 1 aliphatic heterocycles. The normalized spacial score (nSPS) is 18.9. The van der Waals surface area contributed by atoms with Gasteiger partial charge in [-0.2, -0.15) is 0 Å². The third kappa shape index (κ3) is 5.20. The lowest BCUT2D eigenvalue weighted by molar-refractivity contribution is 0.0593. The van der Waals surface area contributed by atoms with Gasteiger partial charge in [0.25, 0.3) is 0 Å². The Hall–Kier alpha value is -1.10. The molecule has 4 nitrogen and oxygen atoms in total. The van der Waals surface area contributed by atoms with E-state index in [1.54, 1.807) is 6.26 Å². The van der Waals surface area contributed by atoms with Crippen LogP contribution in [0.2, 0.25) is 0 Å². The zero-order valence-electron chi connectivity index (χ0n) is 15.9. The van der Waals surface area contributed by atoms with Crippen molar-refractivity contribution >= 4 is 0 Å². The van der Waals surface area contributed by atoms with Gasteiger partial charge in [-0.05, 0) is 65.8 Å². The largest absolute Gasteiger partial charge is 0.468 e. The van der Waals surface area contributed by atoms with E-state index in [2.05, 4.69) is 55.7 Å². The Kier molecular flexibility index (Phi) is 7.08. The van der Waals surface area contributed by atoms with Gasteiger partial charge in [0.1, 0.15) is 5.76 Å². The highest BCUT2D eigenvalue weighted by molar-refractivity contribution is 5.05. The molecule has 1 fully saturated rings. The van der Waals surface area contributed by atoms with Crippen molar-refractivity contribution in [3.63, 3.8) is 0 Å². The maximum atomic E-state index is 5.63. The summed E-state index contributed by atoms with van der Waals surface area (Å²) in [6, 6.07) is 5.02. The Labute approximate surface area is 147 Å². The summed E-state index contributed by atoms with van der Waals surface area (Å²) in [5.74, 6) is 1.03. The minimum atomic E-state index is 0.149. The molecule has 0 bridgehead atoms. The molecule has 24 heavy (non-hydrogen) atoms. The molecule has 1 aliphatic rings. The number of hydrogen-bond acceptors (Lipinski definition) is 4. The van der Waals surface area contributed by atoms with Crippen molar-refractivity contribution in [1.82, 2.24) is 15.1 Å². The number of hydrogen-bond donors (Lipinski definition) is 1. The number of likely N-dealkylation sites (tertiary alicyclic amines) is 1. The summed E-state index contributed by atoms with van der Waals surface area (Å²) in [7, 11) is 4.39. The molecule has 0 aliphatic carbocycles. The van der Waals surface area contributed by atoms with Crippen LogP contribution >= 0.6 is 0 Å². The van der Waals surface area contributed by atoms with Gasteiger partial charge in [-0.3, -0.25) is 4.90 Å². The minimum Gasteiger partial charge on any atom is -0.468 e. The van der Waals surface area contributed by atoms with E-state index in [4.69, 9.17) is 4.42 Å². The number of furan rings is 1. The summed E-state index contributed by atoms with van der Waals surface area (Å²) < 4.78 is 5.63. The molecule has 1 N–H and O–H groups in total. The summed E-state index contributed by atoms with van der Waals surface area (Å²) in [6.45, 7) is 11.9. The van der Waals surface area contributed by atoms with Gasteiger partial charge in [0.05, 0.1) is 12.3 Å². The van der Waals surface area contributed by atoms with Crippen LogP contribution in [-0.2, 0) is 0 Å². The SMILES string of the molecule is C=CCC[C@H](NCC(C)(C)N1CCC(N(C)C)CC1)c1ccco1. The first kappa shape index (κ1) is 19.2. The first-order valence-corrected chi connectivity index (χ1v) is 9.23. The highest BCUT2D eigenvalue weighted by Crippen LogP contribution is 2.24. The predicted molar refractivity (Wildman–Crippen MR) is 101 cm³/mol. The molecule has 0 amide bonds. The molecule has 136 valence electrons. The number of piperidine rings is 1. The number of nitrogens with one attached hydrogen (secondary N) is 1. The molecule has 0 radical (unpaired) electrons. The van der Waals surface area contributed by atoms with E-state index < -0.39 is 0 Å². The average molecular weight is 334 g/mol. The van der Waals surface area contributed by atoms with Crippen molar-refractivity contribution in [3.8, 4) is 0 Å². The van der Waals surface area contributed by atoms with Gasteiger partial charge in [-0.15, -0.1) is 6.58 Å². The standard InChI is InChI=1S/C20H35N3O/c1-6-7-9-18(19-10-8-15-24-19)21-16-20(2,3)23-13-11-17(12-14-23)22(4)5/h6,8,10,15,17-18,21H,1,7,9,11-14,16H2,2-5H3/t18-/m0/s1. The Balaban J connectivity index is 1.89. The second-order valence-corrected chi connectivity index (χ2v) is 7.81. The zero-order valence-corrected chi connectivity index (χ0v) is 15.9. The van der Waals surface area contributed by atoms with Crippen molar-refractivity contribution in [1.29, 1.82) is 0 Å². The lowest BCUT2D eigenvalue weighted by Gasteiger charge is -2.44. The van der Waals surface area contributed by atoms with E-state index in [0.717, 1.165) is 31.2 Å². The van der Waals surface area contributed by atoms with Crippen LogP contribution in [0.15, 0.2) is 35.5 Å². The maximum absolute atomic E-state index is 5.63. The van der Waals surface area contributed by atoms with Crippen molar-refractivity contribution in [2.24, 2.45) is 0 Å². The fourth-order valence-corrected chi connectivity index (χ4v) is 3.59. The average Bonchev–Trinajstić information content (AvgIpc) is 3.09. The molecule has 0 aromatic carbocycles. The maximum Gasteiger partial charge on any atom is 0.120 e. The molecule has 2 rings (SSSR count). The van der Waals surface area contributed by atoms with Crippen LogP contribution in [0.5, 0.6) is 0 Å². The quantitative estimate of drug-likeness (QED) is 0.699. The van der Waals surface area contributed by atoms with Gasteiger partial charge >= 0.3 is 0 Å². The molecule has 1 aromatic heterocycles. The van der Waals surface area contributed by atoms with E-state index in [1.165, 1.54) is 25.9 Å². The molecule has 1 saturated heterocycles. The van der Waals surface area contributed by atoms with Crippen molar-refractivity contribution < 1.29 is 4.42 Å². The molecule has 1 atom stereocenters. The Bertz CT molecular complexity index is 473. The Morgan fingerprint density at radius 1 is 1.42 bits per heavy atom. The monoisotopic (exact) mass is 333 g/mol. The van der Waals surface area contributed by atoms with Crippen molar-refractivity contribution in [2.45, 2.75) is 57.2 Å². The fraction of sp³-hybridized carbons (Fsp3) is 0.700. The van der Waals surface area contributed by atoms with E-state index in [9.17, 15) is 0 Å². The predicted octanol–water partition coefficient (Wildman–Crippen LogP) is 3.68. The topological polar surface area (TPSA) is 31.6 Å². The van der Waals surface area contributed by atoms with Crippen molar-refractivity contribution in [3.05, 3.63) is 36.8 Å². The molecule has 0 saturated carbocycles. The van der Waals surface area contributed by atoms with Gasteiger partial charge in [0.2, 0.25) is 0 Å². The van der Waals surface area contributed by atoms with Crippen molar-refractivity contribution in [2.75, 3.05) is 33.7 Å². The summed E-state index contributed by atoms with van der Waals surface area (Å²) >= 11 is 0. The molecule has 2 heterocycles. The second kappa shape index (κ2) is 8.84. The first-order chi connectivity index (χ1) is 11.4. The van der Waals surface area contributed by atoms with E-state index >= 15 is 0 Å². The minimum absolute atomic E-state index is 0.149. The van der Waals surface area contributed by atoms with E-state index in [-0.39, 0.29) is 11.6 Å². The highest BCUT2D eigenvalue weighted by Gasteiger charge is 2.31. The van der Waals surface area contributed by atoms with Crippen LogP contribution in [-0.4, -0.2) is 55.1 Å². The van der Waals surface area contributed by atoms with E-state index in [1.807, 2.05) is 12.1 Å². The Morgan fingerprint density at radius 2 is 2.12 bits per heavy atom. The summed E-state index contributed by atoms with van der Waals surface area (Å²) in [4.78, 5) is 5.00. The Morgan fingerprint density at radius 3 is 2.67 bits per heavy atom. The molecule has 0 spiro atoms. The lowest BCUT2D eigenvalue weighted by atomic mass is 9.95. The number of nitrogens with zero attached hydrogens (tertiary/aromatic N) is 2. The number of allylic oxidation sites excluding steroid dienone is 1. The van der Waals surface area contributed by atoms with Crippen LogP contribution in [0.3, 0.4) is 0 Å². The third-order valence-corrected chi connectivity index (χ3v) is 5.38. The molecular weight excluding hydrogens is 298 g/mol. The van der Waals surface area contributed by atoms with Gasteiger partial charge in [0.15, 0.2) is 0 Å².